The Morgan fingerprint density at radius 2 is 2.17 bits per heavy atom. The summed E-state index contributed by atoms with van der Waals surface area (Å²) in [6.07, 6.45) is 2.48. The highest BCUT2D eigenvalue weighted by molar-refractivity contribution is 8.01. The average molecular weight is 337 g/mol. The molecule has 3 fully saturated rings. The molecule has 3 aliphatic rings. The van der Waals surface area contributed by atoms with E-state index in [2.05, 4.69) is 9.88 Å². The highest BCUT2D eigenvalue weighted by Gasteiger charge is 2.51. The summed E-state index contributed by atoms with van der Waals surface area (Å²) in [6, 6.07) is 3.39. The van der Waals surface area contributed by atoms with Gasteiger partial charge in [-0.1, -0.05) is 0 Å². The second-order valence-electron chi connectivity index (χ2n) is 6.53. The van der Waals surface area contributed by atoms with Crippen LogP contribution in [0.4, 0.5) is 4.39 Å². The fraction of sp³-hybridized carbons (Fsp3) is 0.625. The maximum atomic E-state index is 13.2. The monoisotopic (exact) mass is 337 g/mol. The van der Waals surface area contributed by atoms with Gasteiger partial charge in [-0.3, -0.25) is 9.69 Å². The number of ether oxygens (including phenoxy) is 1. The Morgan fingerprint density at radius 3 is 2.91 bits per heavy atom. The number of pyridine rings is 1. The number of aromatic nitrogens is 1. The number of morpholine rings is 1. The molecule has 124 valence electrons. The molecule has 1 amide bonds. The third kappa shape index (κ3) is 2.97. The number of rotatable bonds is 2. The van der Waals surface area contributed by atoms with Gasteiger partial charge in [0.1, 0.15) is 0 Å². The normalized spacial score (nSPS) is 27.2. The quantitative estimate of drug-likeness (QED) is 0.760. The third-order valence-corrected chi connectivity index (χ3v) is 6.56. The van der Waals surface area contributed by atoms with Gasteiger partial charge in [-0.15, -0.1) is 11.8 Å². The van der Waals surface area contributed by atoms with Crippen LogP contribution in [0.15, 0.2) is 18.3 Å². The molecule has 0 radical (unpaired) electrons. The fourth-order valence-corrected chi connectivity index (χ4v) is 5.41. The first-order chi connectivity index (χ1) is 11.2. The molecule has 0 aliphatic carbocycles. The number of nitrogens with zero attached hydrogens (tertiary/aromatic N) is 3. The Labute approximate surface area is 139 Å². The molecule has 1 aromatic heterocycles. The van der Waals surface area contributed by atoms with E-state index in [0.29, 0.717) is 11.6 Å². The van der Waals surface area contributed by atoms with Crippen molar-refractivity contribution in [3.63, 3.8) is 0 Å². The lowest BCUT2D eigenvalue weighted by molar-refractivity contribution is 0.0137. The van der Waals surface area contributed by atoms with Crippen LogP contribution in [0.1, 0.15) is 16.8 Å². The van der Waals surface area contributed by atoms with E-state index in [1.54, 1.807) is 6.07 Å². The molecule has 1 spiro atoms. The lowest BCUT2D eigenvalue weighted by atomic mass is 9.90. The number of hydrogen-bond donors (Lipinski definition) is 0. The van der Waals surface area contributed by atoms with E-state index in [4.69, 9.17) is 4.74 Å². The molecular formula is C16H20FN3O2S. The molecule has 4 rings (SSSR count). The first-order valence-electron chi connectivity index (χ1n) is 8.02. The van der Waals surface area contributed by atoms with Crippen LogP contribution in [-0.2, 0) is 4.74 Å². The minimum atomic E-state index is -0.603. The summed E-state index contributed by atoms with van der Waals surface area (Å²) in [4.78, 5) is 20.2. The van der Waals surface area contributed by atoms with Crippen LogP contribution in [0.2, 0.25) is 0 Å². The molecule has 4 heterocycles. The van der Waals surface area contributed by atoms with Gasteiger partial charge >= 0.3 is 0 Å². The molecule has 5 nitrogen and oxygen atoms in total. The van der Waals surface area contributed by atoms with Gasteiger partial charge in [-0.2, -0.15) is 4.39 Å². The van der Waals surface area contributed by atoms with Crippen LogP contribution >= 0.6 is 11.8 Å². The Kier molecular flexibility index (Phi) is 4.03. The molecular weight excluding hydrogens is 317 g/mol. The molecule has 0 bridgehead atoms. The summed E-state index contributed by atoms with van der Waals surface area (Å²) in [5.41, 5.74) is 0.389. The first-order valence-corrected chi connectivity index (χ1v) is 9.00. The number of carbonyl (C=O) groups excluding carboxylic acids is 1. The molecule has 0 saturated carbocycles. The zero-order valence-corrected chi connectivity index (χ0v) is 13.7. The number of halogens is 1. The van der Waals surface area contributed by atoms with E-state index in [9.17, 15) is 9.18 Å². The van der Waals surface area contributed by atoms with Crippen LogP contribution in [0.3, 0.4) is 0 Å². The highest BCUT2D eigenvalue weighted by Crippen LogP contribution is 2.46. The van der Waals surface area contributed by atoms with Crippen molar-refractivity contribution in [1.29, 1.82) is 0 Å². The lowest BCUT2D eigenvalue weighted by Gasteiger charge is -2.48. The average Bonchev–Trinajstić information content (AvgIpc) is 2.99. The van der Waals surface area contributed by atoms with E-state index < -0.39 is 5.95 Å². The van der Waals surface area contributed by atoms with E-state index in [0.717, 1.165) is 51.6 Å². The van der Waals surface area contributed by atoms with Crippen LogP contribution in [0, 0.1) is 5.95 Å². The molecule has 1 aromatic rings. The van der Waals surface area contributed by atoms with Gasteiger partial charge in [0.25, 0.3) is 5.91 Å². The largest absolute Gasteiger partial charge is 0.379 e. The van der Waals surface area contributed by atoms with Crippen LogP contribution in [0.25, 0.3) is 0 Å². The Bertz CT molecular complexity index is 603. The third-order valence-electron chi connectivity index (χ3n) is 4.97. The van der Waals surface area contributed by atoms with Gasteiger partial charge in [-0.05, 0) is 12.5 Å². The van der Waals surface area contributed by atoms with Crippen molar-refractivity contribution < 1.29 is 13.9 Å². The minimum absolute atomic E-state index is 0.0904. The maximum absolute atomic E-state index is 13.2. The highest BCUT2D eigenvalue weighted by atomic mass is 32.2. The molecule has 1 atom stereocenters. The van der Waals surface area contributed by atoms with Crippen molar-refractivity contribution in [1.82, 2.24) is 14.8 Å². The van der Waals surface area contributed by atoms with Crippen molar-refractivity contribution in [2.75, 3.05) is 45.1 Å². The van der Waals surface area contributed by atoms with Crippen molar-refractivity contribution in [2.45, 2.75) is 17.2 Å². The predicted molar refractivity (Wildman–Crippen MR) is 86.1 cm³/mol. The van der Waals surface area contributed by atoms with Gasteiger partial charge in [0.15, 0.2) is 0 Å². The number of likely N-dealkylation sites (tertiary alicyclic amines) is 1. The summed E-state index contributed by atoms with van der Waals surface area (Å²) in [6.45, 7) is 5.21. The number of hydrogen-bond acceptors (Lipinski definition) is 5. The van der Waals surface area contributed by atoms with Crippen LogP contribution in [-0.4, -0.2) is 76.6 Å². The van der Waals surface area contributed by atoms with E-state index in [-0.39, 0.29) is 10.7 Å². The van der Waals surface area contributed by atoms with E-state index in [1.165, 1.54) is 12.3 Å². The molecule has 23 heavy (non-hydrogen) atoms. The predicted octanol–water partition coefficient (Wildman–Crippen LogP) is 1.25. The van der Waals surface area contributed by atoms with Crippen LogP contribution in [0.5, 0.6) is 0 Å². The Morgan fingerprint density at radius 1 is 1.39 bits per heavy atom. The lowest BCUT2D eigenvalue weighted by Crippen LogP contribution is -2.61. The summed E-state index contributed by atoms with van der Waals surface area (Å²) < 4.78 is 18.8. The molecule has 0 N–H and O–H groups in total. The van der Waals surface area contributed by atoms with Crippen molar-refractivity contribution >= 4 is 17.7 Å². The van der Waals surface area contributed by atoms with Crippen molar-refractivity contribution in [3.8, 4) is 0 Å². The van der Waals surface area contributed by atoms with Gasteiger partial charge in [-0.25, -0.2) is 4.98 Å². The zero-order valence-electron chi connectivity index (χ0n) is 12.9. The fourth-order valence-electron chi connectivity index (χ4n) is 3.73. The molecule has 7 heteroatoms. The molecule has 3 saturated heterocycles. The SMILES string of the molecule is O=C(c1ccnc(F)c1)N1CC2(CC(N3CCOCC3)CS2)C1. The molecule has 1 unspecified atom stereocenters. The van der Waals surface area contributed by atoms with Crippen LogP contribution < -0.4 is 0 Å². The molecule has 3 aliphatic heterocycles. The Hall–Kier alpha value is -1.18. The maximum Gasteiger partial charge on any atom is 0.254 e. The number of amides is 1. The number of thioether (sulfide) groups is 1. The van der Waals surface area contributed by atoms with E-state index >= 15 is 0 Å². The van der Waals surface area contributed by atoms with Gasteiger partial charge in [0, 0.05) is 55.8 Å². The van der Waals surface area contributed by atoms with Gasteiger partial charge in [0.05, 0.1) is 18.0 Å². The minimum Gasteiger partial charge on any atom is -0.379 e. The van der Waals surface area contributed by atoms with Gasteiger partial charge in [0.2, 0.25) is 5.95 Å². The summed E-state index contributed by atoms with van der Waals surface area (Å²) in [5, 5.41) is 0. The second kappa shape index (κ2) is 6.03. The molecule has 0 aromatic carbocycles. The first kappa shape index (κ1) is 15.4. The zero-order chi connectivity index (χ0) is 15.9. The summed E-state index contributed by atoms with van der Waals surface area (Å²) >= 11 is 1.99. The standard InChI is InChI=1S/C16H20FN3O2S/c17-14-7-12(1-2-18-14)15(21)20-10-16(11-20)8-13(9-23-16)19-3-5-22-6-4-19/h1-2,7,13H,3-6,8-11H2. The number of carbonyl (C=O) groups is 1. The smallest absolute Gasteiger partial charge is 0.254 e. The second-order valence-corrected chi connectivity index (χ2v) is 8.02. The van der Waals surface area contributed by atoms with Crippen molar-refractivity contribution in [3.05, 3.63) is 29.8 Å². The summed E-state index contributed by atoms with van der Waals surface area (Å²) in [5.74, 6) is 0.437. The Balaban J connectivity index is 1.35. The topological polar surface area (TPSA) is 45.7 Å². The van der Waals surface area contributed by atoms with Gasteiger partial charge < -0.3 is 9.64 Å². The summed E-state index contributed by atoms with van der Waals surface area (Å²) in [7, 11) is 0. The van der Waals surface area contributed by atoms with E-state index in [1.807, 2.05) is 16.7 Å². The van der Waals surface area contributed by atoms with Crippen molar-refractivity contribution in [2.24, 2.45) is 0 Å².